The van der Waals surface area contributed by atoms with E-state index in [4.69, 9.17) is 16.3 Å². The Balaban J connectivity index is 1.71. The Hall–Kier alpha value is -3.49. The van der Waals surface area contributed by atoms with Crippen LogP contribution < -0.4 is 15.5 Å². The molecule has 0 aliphatic carbocycles. The first-order valence-corrected chi connectivity index (χ1v) is 10.5. The molecule has 2 amide bonds. The van der Waals surface area contributed by atoms with Crippen molar-refractivity contribution in [3.63, 3.8) is 0 Å². The number of para-hydroxylation sites is 2. The Kier molecular flexibility index (Phi) is 7.75. The molecule has 0 saturated heterocycles. The number of ether oxygens (including phenoxy) is 1. The Morgan fingerprint density at radius 1 is 0.875 bits per heavy atom. The van der Waals surface area contributed by atoms with Crippen molar-refractivity contribution in [2.24, 2.45) is 5.10 Å². The summed E-state index contributed by atoms with van der Waals surface area (Å²) in [5, 5.41) is 6.67. The fourth-order valence-corrected chi connectivity index (χ4v) is 3.25. The summed E-state index contributed by atoms with van der Waals surface area (Å²) in [5.41, 5.74) is 3.66. The highest BCUT2D eigenvalue weighted by Crippen LogP contribution is 2.23. The van der Waals surface area contributed by atoms with Gasteiger partial charge in [-0.1, -0.05) is 48.0 Å². The second kappa shape index (κ2) is 10.7. The summed E-state index contributed by atoms with van der Waals surface area (Å²) in [6, 6.07) is 20.1. The fraction of sp³-hybridized carbons (Fsp3) is 0.0435. The standard InChI is InChI=1S/C23H17BrClN3O4/c1-14(27-28-22(30)21(29)26-19-12-6-5-11-18(19)25)15-8-3-7-13-20(15)32-23(31)16-9-2-4-10-17(16)24/h2-13H,1H3,(H,26,29)(H,28,30)/b27-14+. The van der Waals surface area contributed by atoms with Crippen LogP contribution in [0.2, 0.25) is 5.02 Å². The van der Waals surface area contributed by atoms with Crippen LogP contribution in [0.25, 0.3) is 0 Å². The number of hydrogen-bond donors (Lipinski definition) is 2. The minimum absolute atomic E-state index is 0.254. The summed E-state index contributed by atoms with van der Waals surface area (Å²) in [6.45, 7) is 1.61. The summed E-state index contributed by atoms with van der Waals surface area (Å²) < 4.78 is 6.13. The quantitative estimate of drug-likeness (QED) is 0.168. The average Bonchev–Trinajstić information content (AvgIpc) is 2.79. The van der Waals surface area contributed by atoms with Crippen LogP contribution in [0.1, 0.15) is 22.8 Å². The summed E-state index contributed by atoms with van der Waals surface area (Å²) >= 11 is 9.30. The van der Waals surface area contributed by atoms with Gasteiger partial charge in [0.05, 0.1) is 22.0 Å². The summed E-state index contributed by atoms with van der Waals surface area (Å²) in [6.07, 6.45) is 0. The van der Waals surface area contributed by atoms with Gasteiger partial charge in [0, 0.05) is 10.0 Å². The molecule has 3 rings (SSSR count). The van der Waals surface area contributed by atoms with Crippen LogP contribution >= 0.6 is 27.5 Å². The molecule has 2 N–H and O–H groups in total. The van der Waals surface area contributed by atoms with E-state index < -0.39 is 17.8 Å². The third-order valence-corrected chi connectivity index (χ3v) is 5.25. The first-order valence-electron chi connectivity index (χ1n) is 9.33. The van der Waals surface area contributed by atoms with E-state index in [9.17, 15) is 14.4 Å². The summed E-state index contributed by atoms with van der Waals surface area (Å²) in [7, 11) is 0. The maximum Gasteiger partial charge on any atom is 0.344 e. The first-order chi connectivity index (χ1) is 15.4. The van der Waals surface area contributed by atoms with Crippen molar-refractivity contribution >= 4 is 56.7 Å². The summed E-state index contributed by atoms with van der Waals surface area (Å²) in [4.78, 5) is 36.7. The monoisotopic (exact) mass is 513 g/mol. The van der Waals surface area contributed by atoms with Gasteiger partial charge in [-0.2, -0.15) is 5.10 Å². The minimum Gasteiger partial charge on any atom is -0.422 e. The minimum atomic E-state index is -0.980. The maximum atomic E-state index is 12.5. The second-order valence-corrected chi connectivity index (χ2v) is 7.70. The molecule has 0 radical (unpaired) electrons. The predicted octanol–water partition coefficient (Wildman–Crippen LogP) is 4.80. The molecular formula is C23H17BrClN3O4. The van der Waals surface area contributed by atoms with E-state index in [0.29, 0.717) is 32.0 Å². The SMILES string of the molecule is C/C(=N\NC(=O)C(=O)Nc1ccccc1Cl)c1ccccc1OC(=O)c1ccccc1Br. The normalized spacial score (nSPS) is 10.9. The van der Waals surface area contributed by atoms with Gasteiger partial charge in [-0.05, 0) is 59.3 Å². The molecule has 9 heteroatoms. The topological polar surface area (TPSA) is 96.9 Å². The molecule has 3 aromatic rings. The molecule has 32 heavy (non-hydrogen) atoms. The predicted molar refractivity (Wildman–Crippen MR) is 126 cm³/mol. The third-order valence-electron chi connectivity index (χ3n) is 4.23. The smallest absolute Gasteiger partial charge is 0.344 e. The number of rotatable bonds is 5. The molecule has 0 spiro atoms. The number of hydrazone groups is 1. The van der Waals surface area contributed by atoms with Gasteiger partial charge < -0.3 is 10.1 Å². The molecule has 0 aliphatic heterocycles. The van der Waals surface area contributed by atoms with Crippen LogP contribution in [0.15, 0.2) is 82.4 Å². The lowest BCUT2D eigenvalue weighted by Crippen LogP contribution is -2.33. The number of amides is 2. The Morgan fingerprint density at radius 2 is 1.50 bits per heavy atom. The number of hydrogen-bond acceptors (Lipinski definition) is 5. The molecule has 7 nitrogen and oxygen atoms in total. The largest absolute Gasteiger partial charge is 0.422 e. The van der Waals surface area contributed by atoms with E-state index in [-0.39, 0.29) is 5.75 Å². The van der Waals surface area contributed by atoms with Crippen LogP contribution in [-0.2, 0) is 9.59 Å². The third kappa shape index (κ3) is 5.81. The van der Waals surface area contributed by atoms with Gasteiger partial charge in [0.15, 0.2) is 0 Å². The zero-order valence-corrected chi connectivity index (χ0v) is 19.1. The molecular weight excluding hydrogens is 498 g/mol. The number of nitrogens with zero attached hydrogens (tertiary/aromatic N) is 1. The molecule has 0 saturated carbocycles. The first kappa shape index (κ1) is 23.2. The van der Waals surface area contributed by atoms with Crippen molar-refractivity contribution in [1.29, 1.82) is 0 Å². The average molecular weight is 515 g/mol. The van der Waals surface area contributed by atoms with Crippen molar-refractivity contribution < 1.29 is 19.1 Å². The maximum absolute atomic E-state index is 12.5. The van der Waals surface area contributed by atoms with Crippen molar-refractivity contribution in [2.75, 3.05) is 5.32 Å². The molecule has 0 heterocycles. The second-order valence-electron chi connectivity index (χ2n) is 6.44. The van der Waals surface area contributed by atoms with Crippen molar-refractivity contribution in [1.82, 2.24) is 5.43 Å². The number of benzene rings is 3. The van der Waals surface area contributed by atoms with Crippen LogP contribution in [0.3, 0.4) is 0 Å². The van der Waals surface area contributed by atoms with Gasteiger partial charge in [0.1, 0.15) is 5.75 Å². The molecule has 0 fully saturated rings. The number of carbonyl (C=O) groups is 3. The lowest BCUT2D eigenvalue weighted by Gasteiger charge is -2.11. The van der Waals surface area contributed by atoms with Gasteiger partial charge in [0.2, 0.25) is 0 Å². The highest BCUT2D eigenvalue weighted by molar-refractivity contribution is 9.10. The number of nitrogens with one attached hydrogen (secondary N) is 2. The number of halogens is 2. The Bertz CT molecular complexity index is 1210. The van der Waals surface area contributed by atoms with Crippen molar-refractivity contribution in [2.45, 2.75) is 6.92 Å². The van der Waals surface area contributed by atoms with E-state index in [2.05, 4.69) is 31.8 Å². The number of anilines is 1. The molecule has 0 unspecified atom stereocenters. The molecule has 0 atom stereocenters. The van der Waals surface area contributed by atoms with Crippen LogP contribution in [-0.4, -0.2) is 23.5 Å². The van der Waals surface area contributed by atoms with Gasteiger partial charge in [-0.3, -0.25) is 9.59 Å². The molecule has 0 aromatic heterocycles. The highest BCUT2D eigenvalue weighted by Gasteiger charge is 2.17. The van der Waals surface area contributed by atoms with Gasteiger partial charge >= 0.3 is 17.8 Å². The van der Waals surface area contributed by atoms with Gasteiger partial charge in [0.25, 0.3) is 0 Å². The van der Waals surface area contributed by atoms with Crippen LogP contribution in [0.5, 0.6) is 5.75 Å². The molecule has 0 bridgehead atoms. The highest BCUT2D eigenvalue weighted by atomic mass is 79.9. The summed E-state index contributed by atoms with van der Waals surface area (Å²) in [5.74, 6) is -2.21. The van der Waals surface area contributed by atoms with E-state index in [1.54, 1.807) is 79.7 Å². The zero-order valence-electron chi connectivity index (χ0n) is 16.8. The van der Waals surface area contributed by atoms with Crippen molar-refractivity contribution in [3.05, 3.63) is 93.4 Å². The zero-order chi connectivity index (χ0) is 23.1. The lowest BCUT2D eigenvalue weighted by molar-refractivity contribution is -0.136. The van der Waals surface area contributed by atoms with Crippen LogP contribution in [0.4, 0.5) is 5.69 Å². The lowest BCUT2D eigenvalue weighted by atomic mass is 10.1. The van der Waals surface area contributed by atoms with Gasteiger partial charge in [-0.15, -0.1) is 0 Å². The number of carbonyl (C=O) groups excluding carboxylic acids is 3. The van der Waals surface area contributed by atoms with Crippen LogP contribution in [0, 0.1) is 0 Å². The molecule has 162 valence electrons. The van der Waals surface area contributed by atoms with Gasteiger partial charge in [-0.25, -0.2) is 10.2 Å². The molecule has 3 aromatic carbocycles. The van der Waals surface area contributed by atoms with E-state index in [1.807, 2.05) is 0 Å². The van der Waals surface area contributed by atoms with E-state index in [0.717, 1.165) is 0 Å². The Morgan fingerprint density at radius 3 is 2.22 bits per heavy atom. The van der Waals surface area contributed by atoms with E-state index in [1.165, 1.54) is 0 Å². The Labute approximate surface area is 197 Å². The van der Waals surface area contributed by atoms with E-state index >= 15 is 0 Å². The number of esters is 1. The molecule has 0 aliphatic rings. The van der Waals surface area contributed by atoms with Crippen molar-refractivity contribution in [3.8, 4) is 5.75 Å². The fourth-order valence-electron chi connectivity index (χ4n) is 2.62.